The summed E-state index contributed by atoms with van der Waals surface area (Å²) in [5.41, 5.74) is 6.21. The average molecular weight is 387 g/mol. The first kappa shape index (κ1) is 21.2. The van der Waals surface area contributed by atoms with Crippen LogP contribution in [0.25, 0.3) is 22.5 Å². The number of aromatic nitrogens is 2. The third-order valence-corrected chi connectivity index (χ3v) is 5.49. The number of nitrogens with zero attached hydrogens (tertiary/aromatic N) is 2. The van der Waals surface area contributed by atoms with E-state index in [4.69, 9.17) is 0 Å². The van der Waals surface area contributed by atoms with Crippen molar-refractivity contribution in [2.24, 2.45) is 0 Å². The predicted molar refractivity (Wildman–Crippen MR) is 124 cm³/mol. The van der Waals surface area contributed by atoms with Crippen molar-refractivity contribution in [1.82, 2.24) is 9.97 Å². The molecule has 0 saturated heterocycles. The minimum Gasteiger partial charge on any atom is -0.236 e. The van der Waals surface area contributed by atoms with E-state index < -0.39 is 0 Å². The lowest BCUT2D eigenvalue weighted by Crippen LogP contribution is -1.93. The topological polar surface area (TPSA) is 25.8 Å². The highest BCUT2D eigenvalue weighted by atomic mass is 14.9. The maximum atomic E-state index is 4.60. The first-order valence-electron chi connectivity index (χ1n) is 11.3. The second-order valence-corrected chi connectivity index (χ2v) is 7.96. The van der Waals surface area contributed by atoms with Gasteiger partial charge in [0.05, 0.1) is 0 Å². The van der Waals surface area contributed by atoms with E-state index in [1.54, 1.807) is 0 Å². The number of rotatable bonds is 11. The average Bonchev–Trinajstić information content (AvgIpc) is 2.78. The molecule has 0 bridgehead atoms. The fourth-order valence-corrected chi connectivity index (χ4v) is 3.71. The van der Waals surface area contributed by atoms with Crippen LogP contribution in [0.2, 0.25) is 0 Å². The highest BCUT2D eigenvalue weighted by Crippen LogP contribution is 2.24. The lowest BCUT2D eigenvalue weighted by atomic mass is 10.0. The quantitative estimate of drug-likeness (QED) is 0.316. The van der Waals surface area contributed by atoms with Gasteiger partial charge in [-0.3, -0.25) is 0 Å². The van der Waals surface area contributed by atoms with Crippen LogP contribution in [0.5, 0.6) is 0 Å². The largest absolute Gasteiger partial charge is 0.236 e. The highest BCUT2D eigenvalue weighted by Gasteiger charge is 2.04. The Balaban J connectivity index is 1.55. The van der Waals surface area contributed by atoms with E-state index >= 15 is 0 Å². The molecule has 0 aliphatic carbocycles. The fourth-order valence-electron chi connectivity index (χ4n) is 3.71. The van der Waals surface area contributed by atoms with Gasteiger partial charge in [-0.05, 0) is 41.5 Å². The second-order valence-electron chi connectivity index (χ2n) is 7.96. The molecular formula is C27H34N2. The van der Waals surface area contributed by atoms with Crippen LogP contribution in [0.15, 0.2) is 60.9 Å². The van der Waals surface area contributed by atoms with Crippen molar-refractivity contribution in [3.63, 3.8) is 0 Å². The number of aryl methyl sites for hydroxylation is 2. The van der Waals surface area contributed by atoms with E-state index in [0.29, 0.717) is 0 Å². The molecule has 2 aromatic carbocycles. The molecular weight excluding hydrogens is 352 g/mol. The summed E-state index contributed by atoms with van der Waals surface area (Å²) in [5.74, 6) is 0.807. The summed E-state index contributed by atoms with van der Waals surface area (Å²) in [4.78, 5) is 9.20. The maximum Gasteiger partial charge on any atom is 0.159 e. The molecule has 0 aliphatic rings. The van der Waals surface area contributed by atoms with Gasteiger partial charge in [-0.25, -0.2) is 9.97 Å². The molecule has 0 amide bonds. The van der Waals surface area contributed by atoms with Crippen molar-refractivity contribution < 1.29 is 0 Å². The summed E-state index contributed by atoms with van der Waals surface area (Å²) in [5, 5.41) is 0. The summed E-state index contributed by atoms with van der Waals surface area (Å²) < 4.78 is 0. The van der Waals surface area contributed by atoms with E-state index in [1.165, 1.54) is 67.2 Å². The van der Waals surface area contributed by atoms with Gasteiger partial charge in [0.25, 0.3) is 0 Å². The lowest BCUT2D eigenvalue weighted by molar-refractivity contribution is 0.607. The van der Waals surface area contributed by atoms with E-state index in [-0.39, 0.29) is 0 Å². The van der Waals surface area contributed by atoms with Gasteiger partial charge >= 0.3 is 0 Å². The summed E-state index contributed by atoms with van der Waals surface area (Å²) >= 11 is 0. The van der Waals surface area contributed by atoms with Crippen molar-refractivity contribution in [2.45, 2.75) is 71.6 Å². The summed E-state index contributed by atoms with van der Waals surface area (Å²) in [6.07, 6.45) is 15.3. The van der Waals surface area contributed by atoms with Crippen LogP contribution in [-0.2, 0) is 12.8 Å². The van der Waals surface area contributed by atoms with Crippen LogP contribution < -0.4 is 0 Å². The molecule has 0 N–H and O–H groups in total. The van der Waals surface area contributed by atoms with Crippen LogP contribution >= 0.6 is 0 Å². The molecule has 29 heavy (non-hydrogen) atoms. The van der Waals surface area contributed by atoms with Gasteiger partial charge < -0.3 is 0 Å². The van der Waals surface area contributed by atoms with Gasteiger partial charge in [0.2, 0.25) is 0 Å². The van der Waals surface area contributed by atoms with E-state index in [0.717, 1.165) is 24.2 Å². The molecule has 0 saturated carbocycles. The van der Waals surface area contributed by atoms with Crippen molar-refractivity contribution in [3.05, 3.63) is 72.1 Å². The van der Waals surface area contributed by atoms with E-state index in [9.17, 15) is 0 Å². The van der Waals surface area contributed by atoms with Gasteiger partial charge in [-0.1, -0.05) is 101 Å². The third-order valence-electron chi connectivity index (χ3n) is 5.49. The van der Waals surface area contributed by atoms with Crippen molar-refractivity contribution in [1.29, 1.82) is 0 Å². The smallest absolute Gasteiger partial charge is 0.159 e. The Morgan fingerprint density at radius 2 is 1.07 bits per heavy atom. The number of hydrogen-bond donors (Lipinski definition) is 0. The first-order chi connectivity index (χ1) is 14.3. The van der Waals surface area contributed by atoms with Crippen molar-refractivity contribution in [2.75, 3.05) is 0 Å². The van der Waals surface area contributed by atoms with Crippen molar-refractivity contribution >= 4 is 0 Å². The number of unbranched alkanes of at least 4 members (excludes halogenated alkanes) is 5. The molecule has 2 nitrogen and oxygen atoms in total. The monoisotopic (exact) mass is 386 g/mol. The molecule has 1 heterocycles. The Morgan fingerprint density at radius 3 is 1.69 bits per heavy atom. The van der Waals surface area contributed by atoms with Gasteiger partial charge in [0.15, 0.2) is 5.82 Å². The van der Waals surface area contributed by atoms with Gasteiger partial charge in [0, 0.05) is 18.0 Å². The summed E-state index contributed by atoms with van der Waals surface area (Å²) in [7, 11) is 0. The fraction of sp³-hybridized carbons (Fsp3) is 0.407. The molecule has 152 valence electrons. The Hall–Kier alpha value is -2.48. The van der Waals surface area contributed by atoms with Gasteiger partial charge in [-0.15, -0.1) is 0 Å². The molecule has 0 fully saturated rings. The molecule has 1 aromatic heterocycles. The Labute approximate surface area is 176 Å². The Morgan fingerprint density at radius 1 is 0.517 bits per heavy atom. The molecule has 0 radical (unpaired) electrons. The molecule has 0 aliphatic heterocycles. The summed E-state index contributed by atoms with van der Waals surface area (Å²) in [6.45, 7) is 4.48. The zero-order valence-corrected chi connectivity index (χ0v) is 18.0. The van der Waals surface area contributed by atoms with Gasteiger partial charge in [0.1, 0.15) is 0 Å². The van der Waals surface area contributed by atoms with Crippen LogP contribution in [0.3, 0.4) is 0 Å². The van der Waals surface area contributed by atoms with Gasteiger partial charge in [-0.2, -0.15) is 0 Å². The zero-order chi connectivity index (χ0) is 20.3. The maximum absolute atomic E-state index is 4.60. The molecule has 0 unspecified atom stereocenters. The van der Waals surface area contributed by atoms with Crippen LogP contribution in [-0.4, -0.2) is 9.97 Å². The van der Waals surface area contributed by atoms with Crippen LogP contribution in [0, 0.1) is 0 Å². The van der Waals surface area contributed by atoms with E-state index in [2.05, 4.69) is 72.3 Å². The summed E-state index contributed by atoms with van der Waals surface area (Å²) in [6, 6.07) is 17.5. The Bertz CT molecular complexity index is 833. The second kappa shape index (κ2) is 11.5. The zero-order valence-electron chi connectivity index (χ0n) is 18.0. The first-order valence-corrected chi connectivity index (χ1v) is 11.3. The molecule has 3 rings (SSSR count). The molecule has 2 heteroatoms. The minimum absolute atomic E-state index is 0.807. The lowest BCUT2D eigenvalue weighted by Gasteiger charge is -2.06. The van der Waals surface area contributed by atoms with Crippen molar-refractivity contribution in [3.8, 4) is 22.5 Å². The molecule has 3 aromatic rings. The standard InChI is InChI=1S/C27H34N2/c1-3-5-6-7-8-9-11-23-20-28-27(29-21-23)26-18-16-25(17-19-26)24-14-12-22(10-4-2)13-15-24/h12-21H,3-11H2,1-2H3. The normalized spacial score (nSPS) is 11.0. The minimum atomic E-state index is 0.807. The molecule has 0 spiro atoms. The van der Waals surface area contributed by atoms with Crippen LogP contribution in [0.1, 0.15) is 69.9 Å². The highest BCUT2D eigenvalue weighted by molar-refractivity contribution is 5.67. The SMILES string of the molecule is CCCCCCCCc1cnc(-c2ccc(-c3ccc(CCC)cc3)cc2)nc1. The third kappa shape index (κ3) is 6.52. The predicted octanol–water partition coefficient (Wildman–Crippen LogP) is 7.67. The number of benzene rings is 2. The Kier molecular flexibility index (Phi) is 8.42. The van der Waals surface area contributed by atoms with Crippen LogP contribution in [0.4, 0.5) is 0 Å². The number of hydrogen-bond acceptors (Lipinski definition) is 2. The van der Waals surface area contributed by atoms with E-state index in [1.807, 2.05) is 12.4 Å². The molecule has 0 atom stereocenters.